The van der Waals surface area contributed by atoms with E-state index in [0.717, 1.165) is 18.6 Å². The summed E-state index contributed by atoms with van der Waals surface area (Å²) >= 11 is 0. The van der Waals surface area contributed by atoms with Crippen LogP contribution in [0.5, 0.6) is 0 Å². The molecule has 0 aliphatic carbocycles. The number of halogens is 2. The number of imidazole rings is 1. The fourth-order valence-electron chi connectivity index (χ4n) is 2.13. The van der Waals surface area contributed by atoms with Crippen molar-refractivity contribution in [2.75, 3.05) is 0 Å². The van der Waals surface area contributed by atoms with Gasteiger partial charge in [0.15, 0.2) is 17.5 Å². The summed E-state index contributed by atoms with van der Waals surface area (Å²) in [5, 5.41) is 3.89. The maximum Gasteiger partial charge on any atom is 0.246 e. The van der Waals surface area contributed by atoms with E-state index >= 15 is 0 Å². The number of fused-ring (bicyclic) bond motifs is 1. The predicted octanol–water partition coefficient (Wildman–Crippen LogP) is 2.94. The topological polar surface area (TPSA) is 56.7 Å². The van der Waals surface area contributed by atoms with Crippen LogP contribution in [0.3, 0.4) is 0 Å². The maximum absolute atomic E-state index is 13.3. The highest BCUT2D eigenvalue weighted by Crippen LogP contribution is 2.18. The van der Waals surface area contributed by atoms with Crippen LogP contribution >= 0.6 is 0 Å². The summed E-state index contributed by atoms with van der Waals surface area (Å²) in [5.74, 6) is -0.335. The van der Waals surface area contributed by atoms with Crippen molar-refractivity contribution in [2.24, 2.45) is 5.92 Å². The molecule has 21 heavy (non-hydrogen) atoms. The van der Waals surface area contributed by atoms with Crippen LogP contribution in [0, 0.1) is 17.6 Å². The Morgan fingerprint density at radius 1 is 1.24 bits per heavy atom. The average molecular weight is 292 g/mol. The third-order valence-corrected chi connectivity index (χ3v) is 3.07. The Morgan fingerprint density at radius 2 is 2.00 bits per heavy atom. The number of hydrogen-bond donors (Lipinski definition) is 0. The van der Waals surface area contributed by atoms with Gasteiger partial charge in [0.05, 0.1) is 17.4 Å². The molecule has 0 amide bonds. The Labute approximate surface area is 119 Å². The molecule has 0 spiro atoms. The van der Waals surface area contributed by atoms with Gasteiger partial charge in [-0.15, -0.1) is 0 Å². The number of hydrogen-bond acceptors (Lipinski definition) is 4. The molecular formula is C14H14F2N4O. The lowest BCUT2D eigenvalue weighted by Gasteiger charge is -2.00. The minimum atomic E-state index is -0.912. The highest BCUT2D eigenvalue weighted by atomic mass is 19.2. The molecule has 1 aromatic carbocycles. The van der Waals surface area contributed by atoms with E-state index in [4.69, 9.17) is 4.52 Å². The first kappa shape index (κ1) is 13.7. The Bertz CT molecular complexity index is 778. The van der Waals surface area contributed by atoms with Crippen molar-refractivity contribution in [1.29, 1.82) is 0 Å². The van der Waals surface area contributed by atoms with Crippen molar-refractivity contribution in [1.82, 2.24) is 19.7 Å². The molecule has 0 atom stereocenters. The molecule has 0 bridgehead atoms. The fourth-order valence-corrected chi connectivity index (χ4v) is 2.13. The van der Waals surface area contributed by atoms with Gasteiger partial charge < -0.3 is 9.09 Å². The molecule has 0 fully saturated rings. The van der Waals surface area contributed by atoms with Gasteiger partial charge in [0.2, 0.25) is 5.89 Å². The third-order valence-electron chi connectivity index (χ3n) is 3.07. The highest BCUT2D eigenvalue weighted by Gasteiger charge is 2.12. The number of nitrogens with zero attached hydrogens (tertiary/aromatic N) is 4. The van der Waals surface area contributed by atoms with Gasteiger partial charge in [0.25, 0.3) is 0 Å². The van der Waals surface area contributed by atoms with E-state index in [1.165, 1.54) is 6.33 Å². The van der Waals surface area contributed by atoms with Gasteiger partial charge in [0, 0.05) is 18.6 Å². The Morgan fingerprint density at radius 3 is 2.76 bits per heavy atom. The largest absolute Gasteiger partial charge is 0.337 e. The first-order valence-electron chi connectivity index (χ1n) is 6.64. The minimum absolute atomic E-state index is 0.271. The molecule has 0 saturated carbocycles. The van der Waals surface area contributed by atoms with Crippen LogP contribution < -0.4 is 0 Å². The second-order valence-corrected chi connectivity index (χ2v) is 5.33. The summed E-state index contributed by atoms with van der Waals surface area (Å²) in [4.78, 5) is 8.32. The van der Waals surface area contributed by atoms with E-state index in [-0.39, 0.29) is 6.54 Å². The van der Waals surface area contributed by atoms with E-state index in [1.54, 1.807) is 4.57 Å². The second-order valence-electron chi connectivity index (χ2n) is 5.33. The molecule has 3 aromatic rings. The SMILES string of the molecule is CC(C)Cc1noc(Cn2cnc3cc(F)c(F)cc32)n1. The summed E-state index contributed by atoms with van der Waals surface area (Å²) in [6.07, 6.45) is 2.23. The molecule has 5 nitrogen and oxygen atoms in total. The van der Waals surface area contributed by atoms with Crippen molar-refractivity contribution in [3.63, 3.8) is 0 Å². The van der Waals surface area contributed by atoms with Crippen LogP contribution in [-0.4, -0.2) is 19.7 Å². The van der Waals surface area contributed by atoms with Crippen LogP contribution in [-0.2, 0) is 13.0 Å². The van der Waals surface area contributed by atoms with E-state index in [9.17, 15) is 8.78 Å². The molecule has 2 heterocycles. The van der Waals surface area contributed by atoms with Crippen LogP contribution in [0.2, 0.25) is 0 Å². The molecular weight excluding hydrogens is 278 g/mol. The first-order chi connectivity index (χ1) is 10.0. The molecule has 3 rings (SSSR count). The standard InChI is InChI=1S/C14H14F2N4O/c1-8(2)3-13-18-14(21-19-13)6-20-7-17-11-4-9(15)10(16)5-12(11)20/h4-5,7-8H,3,6H2,1-2H3. The quantitative estimate of drug-likeness (QED) is 0.742. The van der Waals surface area contributed by atoms with Gasteiger partial charge in [-0.2, -0.15) is 4.98 Å². The van der Waals surface area contributed by atoms with E-state index in [2.05, 4.69) is 29.0 Å². The fraction of sp³-hybridized carbons (Fsp3) is 0.357. The zero-order valence-corrected chi connectivity index (χ0v) is 11.7. The van der Waals surface area contributed by atoms with Gasteiger partial charge >= 0.3 is 0 Å². The molecule has 0 unspecified atom stereocenters. The lowest BCUT2D eigenvalue weighted by Crippen LogP contribution is -2.00. The van der Waals surface area contributed by atoms with E-state index < -0.39 is 11.6 Å². The average Bonchev–Trinajstić information content (AvgIpc) is 2.99. The van der Waals surface area contributed by atoms with Gasteiger partial charge in [-0.3, -0.25) is 0 Å². The highest BCUT2D eigenvalue weighted by molar-refractivity contribution is 5.75. The molecule has 0 aliphatic rings. The summed E-state index contributed by atoms with van der Waals surface area (Å²) in [7, 11) is 0. The molecule has 0 N–H and O–H groups in total. The van der Waals surface area contributed by atoms with E-state index in [1.807, 2.05) is 0 Å². The van der Waals surface area contributed by atoms with Gasteiger partial charge in [-0.25, -0.2) is 13.8 Å². The van der Waals surface area contributed by atoms with Gasteiger partial charge in [0.1, 0.15) is 6.54 Å². The number of benzene rings is 1. The lowest BCUT2D eigenvalue weighted by molar-refractivity contribution is 0.365. The summed E-state index contributed by atoms with van der Waals surface area (Å²) < 4.78 is 33.3. The number of rotatable bonds is 4. The van der Waals surface area contributed by atoms with Crippen molar-refractivity contribution in [3.8, 4) is 0 Å². The van der Waals surface area contributed by atoms with Crippen LogP contribution in [0.1, 0.15) is 25.6 Å². The molecule has 0 aliphatic heterocycles. The minimum Gasteiger partial charge on any atom is -0.337 e. The van der Waals surface area contributed by atoms with Crippen molar-refractivity contribution in [2.45, 2.75) is 26.8 Å². The smallest absolute Gasteiger partial charge is 0.246 e. The predicted molar refractivity (Wildman–Crippen MR) is 71.6 cm³/mol. The van der Waals surface area contributed by atoms with Crippen molar-refractivity contribution >= 4 is 11.0 Å². The van der Waals surface area contributed by atoms with Crippen LogP contribution in [0.25, 0.3) is 11.0 Å². The van der Waals surface area contributed by atoms with Crippen molar-refractivity contribution in [3.05, 3.63) is 41.8 Å². The third kappa shape index (κ3) is 2.76. The zero-order valence-electron chi connectivity index (χ0n) is 11.7. The Kier molecular flexibility index (Phi) is 3.40. The molecule has 7 heteroatoms. The van der Waals surface area contributed by atoms with Gasteiger partial charge in [-0.1, -0.05) is 19.0 Å². The Hall–Kier alpha value is -2.31. The molecule has 110 valence electrons. The normalized spacial score (nSPS) is 11.7. The Balaban J connectivity index is 1.88. The summed E-state index contributed by atoms with van der Waals surface area (Å²) in [5.41, 5.74) is 0.869. The second kappa shape index (κ2) is 5.23. The summed E-state index contributed by atoms with van der Waals surface area (Å²) in [6, 6.07) is 2.18. The zero-order chi connectivity index (χ0) is 15.0. The van der Waals surface area contributed by atoms with E-state index in [0.29, 0.717) is 28.7 Å². The number of aromatic nitrogens is 4. The van der Waals surface area contributed by atoms with Crippen LogP contribution in [0.15, 0.2) is 23.0 Å². The maximum atomic E-state index is 13.3. The molecule has 0 radical (unpaired) electrons. The van der Waals surface area contributed by atoms with Crippen molar-refractivity contribution < 1.29 is 13.3 Å². The van der Waals surface area contributed by atoms with Gasteiger partial charge in [-0.05, 0) is 5.92 Å². The molecule has 2 aromatic heterocycles. The molecule has 0 saturated heterocycles. The summed E-state index contributed by atoms with van der Waals surface area (Å²) in [6.45, 7) is 4.40. The first-order valence-corrected chi connectivity index (χ1v) is 6.64. The monoisotopic (exact) mass is 292 g/mol. The lowest BCUT2D eigenvalue weighted by atomic mass is 10.1. The van der Waals surface area contributed by atoms with Crippen LogP contribution in [0.4, 0.5) is 8.78 Å².